The van der Waals surface area contributed by atoms with Crippen LogP contribution in [0.2, 0.25) is 0 Å². The molecule has 0 saturated heterocycles. The van der Waals surface area contributed by atoms with Gasteiger partial charge < -0.3 is 5.11 Å². The molecule has 1 fully saturated rings. The Balaban J connectivity index is 2.15. The minimum atomic E-state index is -0.711. The largest absolute Gasteiger partial charge is 0.481 e. The Morgan fingerprint density at radius 3 is 2.25 bits per heavy atom. The molecule has 3 rings (SSSR count). The zero-order valence-corrected chi connectivity index (χ0v) is 14.6. The molecule has 0 heterocycles. The highest BCUT2D eigenvalue weighted by atomic mass is 16.4. The normalized spacial score (nSPS) is 17.0. The topological polar surface area (TPSA) is 37.3 Å². The van der Waals surface area contributed by atoms with Gasteiger partial charge in [-0.25, -0.2) is 0 Å². The van der Waals surface area contributed by atoms with E-state index in [2.05, 4.69) is 44.2 Å². The monoisotopic (exact) mass is 322 g/mol. The zero-order valence-electron chi connectivity index (χ0n) is 14.6. The van der Waals surface area contributed by atoms with Gasteiger partial charge in [-0.05, 0) is 47.1 Å². The molecule has 0 amide bonds. The molecule has 126 valence electrons. The van der Waals surface area contributed by atoms with Crippen molar-refractivity contribution in [2.45, 2.75) is 57.3 Å². The summed E-state index contributed by atoms with van der Waals surface area (Å²) in [6, 6.07) is 16.7. The number of carbonyl (C=O) groups is 1. The van der Waals surface area contributed by atoms with E-state index in [1.807, 2.05) is 18.2 Å². The summed E-state index contributed by atoms with van der Waals surface area (Å²) < 4.78 is 0. The maximum Gasteiger partial charge on any atom is 0.314 e. The van der Waals surface area contributed by atoms with Crippen LogP contribution in [0.1, 0.15) is 63.0 Å². The van der Waals surface area contributed by atoms with Crippen LogP contribution < -0.4 is 0 Å². The lowest BCUT2D eigenvalue weighted by molar-refractivity contribution is -0.145. The van der Waals surface area contributed by atoms with Crippen molar-refractivity contribution in [3.8, 4) is 11.1 Å². The van der Waals surface area contributed by atoms with Gasteiger partial charge in [0.25, 0.3) is 0 Å². The van der Waals surface area contributed by atoms with Crippen molar-refractivity contribution in [1.82, 2.24) is 0 Å². The van der Waals surface area contributed by atoms with Crippen LogP contribution in [0.25, 0.3) is 11.1 Å². The minimum Gasteiger partial charge on any atom is -0.481 e. The second-order valence-electron chi connectivity index (χ2n) is 7.27. The van der Waals surface area contributed by atoms with Gasteiger partial charge in [-0.2, -0.15) is 0 Å². The Kier molecular flexibility index (Phi) is 4.75. The molecule has 0 unspecified atom stereocenters. The third-order valence-corrected chi connectivity index (χ3v) is 5.43. The van der Waals surface area contributed by atoms with E-state index in [0.29, 0.717) is 5.92 Å². The Hall–Kier alpha value is -2.09. The Labute approximate surface area is 144 Å². The number of carboxylic acids is 1. The number of carboxylic acid groups (broad SMARTS) is 1. The fraction of sp³-hybridized carbons (Fsp3) is 0.409. The number of hydrogen-bond acceptors (Lipinski definition) is 1. The summed E-state index contributed by atoms with van der Waals surface area (Å²) in [5.74, 6) is -0.264. The fourth-order valence-electron chi connectivity index (χ4n) is 4.01. The quantitative estimate of drug-likeness (QED) is 0.776. The van der Waals surface area contributed by atoms with Crippen LogP contribution in [0, 0.1) is 0 Å². The molecule has 0 spiro atoms. The minimum absolute atomic E-state index is 0.404. The van der Waals surface area contributed by atoms with E-state index >= 15 is 0 Å². The highest BCUT2D eigenvalue weighted by molar-refractivity contribution is 5.83. The lowest BCUT2D eigenvalue weighted by atomic mass is 9.68. The van der Waals surface area contributed by atoms with Gasteiger partial charge in [-0.15, -0.1) is 0 Å². The maximum atomic E-state index is 12.1. The third-order valence-electron chi connectivity index (χ3n) is 5.43. The summed E-state index contributed by atoms with van der Waals surface area (Å²) >= 11 is 0. The summed E-state index contributed by atoms with van der Waals surface area (Å²) in [6.07, 6.45) is 4.64. The third kappa shape index (κ3) is 2.98. The second-order valence-corrected chi connectivity index (χ2v) is 7.27. The smallest absolute Gasteiger partial charge is 0.314 e. The van der Waals surface area contributed by atoms with Crippen molar-refractivity contribution in [1.29, 1.82) is 0 Å². The summed E-state index contributed by atoms with van der Waals surface area (Å²) in [7, 11) is 0. The van der Waals surface area contributed by atoms with Crippen molar-refractivity contribution >= 4 is 5.97 Å². The van der Waals surface area contributed by atoms with Gasteiger partial charge in [0.15, 0.2) is 0 Å². The number of benzene rings is 2. The van der Waals surface area contributed by atoms with Gasteiger partial charge >= 0.3 is 5.97 Å². The molecule has 0 bridgehead atoms. The summed E-state index contributed by atoms with van der Waals surface area (Å²) in [4.78, 5) is 12.1. The molecule has 0 atom stereocenters. The number of rotatable bonds is 4. The van der Waals surface area contributed by atoms with E-state index in [4.69, 9.17) is 0 Å². The van der Waals surface area contributed by atoms with Crippen molar-refractivity contribution in [3.05, 3.63) is 59.7 Å². The molecule has 2 aromatic carbocycles. The summed E-state index contributed by atoms with van der Waals surface area (Å²) in [5, 5.41) is 9.98. The van der Waals surface area contributed by atoms with Gasteiger partial charge in [0.2, 0.25) is 0 Å². The fourth-order valence-corrected chi connectivity index (χ4v) is 4.01. The van der Waals surface area contributed by atoms with Gasteiger partial charge in [-0.3, -0.25) is 4.79 Å². The predicted octanol–water partition coefficient (Wildman–Crippen LogP) is 5.76. The first kappa shape index (κ1) is 16.8. The molecule has 1 saturated carbocycles. The molecule has 1 aliphatic rings. The van der Waals surface area contributed by atoms with Crippen LogP contribution in [-0.4, -0.2) is 11.1 Å². The molecule has 0 aliphatic heterocycles. The summed E-state index contributed by atoms with van der Waals surface area (Å²) in [5.41, 5.74) is 3.88. The first-order valence-electron chi connectivity index (χ1n) is 8.98. The molecule has 0 radical (unpaired) electrons. The molecular formula is C22H26O2. The average Bonchev–Trinajstić information content (AvgIpc) is 2.62. The van der Waals surface area contributed by atoms with E-state index in [1.165, 1.54) is 16.7 Å². The molecular weight excluding hydrogens is 296 g/mol. The first-order valence-corrected chi connectivity index (χ1v) is 8.98. The summed E-state index contributed by atoms with van der Waals surface area (Å²) in [6.45, 7) is 4.38. The Morgan fingerprint density at radius 2 is 1.67 bits per heavy atom. The molecule has 1 aliphatic carbocycles. The maximum absolute atomic E-state index is 12.1. The standard InChI is InChI=1S/C22H26O2/c1-16(2)19-12-11-18(15-20(19)17-9-5-3-6-10-17)22(21(23)24)13-7-4-8-14-22/h3,5-6,9-12,15-16H,4,7-8,13-14H2,1-2H3,(H,23,24). The lowest BCUT2D eigenvalue weighted by Gasteiger charge is -2.34. The number of hydrogen-bond donors (Lipinski definition) is 1. The predicted molar refractivity (Wildman–Crippen MR) is 98.4 cm³/mol. The van der Waals surface area contributed by atoms with E-state index in [9.17, 15) is 9.90 Å². The van der Waals surface area contributed by atoms with E-state index in [-0.39, 0.29) is 0 Å². The van der Waals surface area contributed by atoms with Crippen LogP contribution in [-0.2, 0) is 10.2 Å². The van der Waals surface area contributed by atoms with Crippen LogP contribution in [0.5, 0.6) is 0 Å². The van der Waals surface area contributed by atoms with Crippen molar-refractivity contribution < 1.29 is 9.90 Å². The van der Waals surface area contributed by atoms with E-state index < -0.39 is 11.4 Å². The van der Waals surface area contributed by atoms with Crippen molar-refractivity contribution in [2.24, 2.45) is 0 Å². The molecule has 2 nitrogen and oxygen atoms in total. The van der Waals surface area contributed by atoms with Crippen LogP contribution in [0.15, 0.2) is 48.5 Å². The SMILES string of the molecule is CC(C)c1ccc(C2(C(=O)O)CCCCC2)cc1-c1ccccc1. The Morgan fingerprint density at radius 1 is 1.00 bits per heavy atom. The first-order chi connectivity index (χ1) is 11.5. The Bertz CT molecular complexity index is 710. The molecule has 1 N–H and O–H groups in total. The lowest BCUT2D eigenvalue weighted by Crippen LogP contribution is -2.37. The van der Waals surface area contributed by atoms with Gasteiger partial charge in [0.1, 0.15) is 0 Å². The molecule has 24 heavy (non-hydrogen) atoms. The van der Waals surface area contributed by atoms with Crippen LogP contribution in [0.4, 0.5) is 0 Å². The average molecular weight is 322 g/mol. The van der Waals surface area contributed by atoms with Crippen LogP contribution in [0.3, 0.4) is 0 Å². The zero-order chi connectivity index (χ0) is 17.2. The van der Waals surface area contributed by atoms with Crippen LogP contribution >= 0.6 is 0 Å². The van der Waals surface area contributed by atoms with Crippen molar-refractivity contribution in [3.63, 3.8) is 0 Å². The van der Waals surface area contributed by atoms with E-state index in [1.54, 1.807) is 0 Å². The van der Waals surface area contributed by atoms with Gasteiger partial charge in [0, 0.05) is 0 Å². The second kappa shape index (κ2) is 6.80. The van der Waals surface area contributed by atoms with Gasteiger partial charge in [0.05, 0.1) is 5.41 Å². The highest BCUT2D eigenvalue weighted by Gasteiger charge is 2.41. The molecule has 0 aromatic heterocycles. The van der Waals surface area contributed by atoms with E-state index in [0.717, 1.165) is 37.7 Å². The van der Waals surface area contributed by atoms with Crippen molar-refractivity contribution in [2.75, 3.05) is 0 Å². The molecule has 2 aromatic rings. The highest BCUT2D eigenvalue weighted by Crippen LogP contribution is 2.42. The van der Waals surface area contributed by atoms with Gasteiger partial charge in [-0.1, -0.05) is 75.6 Å². The number of aliphatic carboxylic acids is 1. The molecule has 2 heteroatoms.